The van der Waals surface area contributed by atoms with Crippen LogP contribution in [-0.4, -0.2) is 0 Å². The quantitative estimate of drug-likeness (QED) is 0.189. The first kappa shape index (κ1) is 25.7. The zero-order chi connectivity index (χ0) is 24.6. The minimum atomic E-state index is -0.664. The Labute approximate surface area is 214 Å². The summed E-state index contributed by atoms with van der Waals surface area (Å²) in [5.74, 6) is 0. The predicted octanol–water partition coefficient (Wildman–Crippen LogP) is 8.41. The highest BCUT2D eigenvalue weighted by molar-refractivity contribution is 7.80. The third-order valence-corrected chi connectivity index (χ3v) is 9.70. The summed E-state index contributed by atoms with van der Waals surface area (Å²) in [5.41, 5.74) is 6.33. The van der Waals surface area contributed by atoms with Crippen LogP contribution < -0.4 is 15.9 Å². The second kappa shape index (κ2) is 12.5. The molecule has 1 heteroatoms. The smallest absolute Gasteiger partial charge is 0.00724 e. The lowest BCUT2D eigenvalue weighted by Crippen LogP contribution is -2.28. The van der Waals surface area contributed by atoms with E-state index in [1.165, 1.54) is 54.6 Å². The minimum Gasteiger partial charge on any atom is -0.0651 e. The molecule has 182 valence electrons. The minimum absolute atomic E-state index is 0.664. The second-order valence-corrected chi connectivity index (χ2v) is 11.8. The van der Waals surface area contributed by atoms with Gasteiger partial charge in [-0.15, -0.1) is 0 Å². The van der Waals surface area contributed by atoms with Gasteiger partial charge in [-0.05, 0) is 82.5 Å². The fourth-order valence-electron chi connectivity index (χ4n) is 5.54. The van der Waals surface area contributed by atoms with E-state index in [1.54, 1.807) is 32.9 Å². The van der Waals surface area contributed by atoms with Crippen molar-refractivity contribution in [3.63, 3.8) is 0 Å². The van der Waals surface area contributed by atoms with Crippen LogP contribution in [0.1, 0.15) is 75.6 Å². The number of benzene rings is 4. The lowest BCUT2D eigenvalue weighted by Gasteiger charge is -2.28. The van der Waals surface area contributed by atoms with Gasteiger partial charge in [0.25, 0.3) is 0 Å². The van der Waals surface area contributed by atoms with Gasteiger partial charge in [-0.25, -0.2) is 0 Å². The first-order valence-electron chi connectivity index (χ1n) is 13.7. The first-order valence-corrected chi connectivity index (χ1v) is 15.1. The fourth-order valence-corrected chi connectivity index (χ4v) is 8.52. The molecule has 0 fully saturated rings. The fraction of sp³-hybridized carbons (Fsp3) is 0.353. The molecule has 0 aliphatic carbocycles. The van der Waals surface area contributed by atoms with Gasteiger partial charge in [0.05, 0.1) is 0 Å². The number of aryl methyl sites for hydroxylation is 2. The van der Waals surface area contributed by atoms with Crippen molar-refractivity contribution >= 4 is 34.6 Å². The van der Waals surface area contributed by atoms with Gasteiger partial charge < -0.3 is 0 Å². The van der Waals surface area contributed by atoms with Crippen LogP contribution in [0.2, 0.25) is 0 Å². The van der Waals surface area contributed by atoms with Gasteiger partial charge in [-0.2, -0.15) is 0 Å². The van der Waals surface area contributed by atoms with Crippen LogP contribution in [0, 0.1) is 0 Å². The van der Waals surface area contributed by atoms with Crippen LogP contribution in [-0.2, 0) is 25.7 Å². The summed E-state index contributed by atoms with van der Waals surface area (Å²) < 4.78 is 0. The Hall–Kier alpha value is -2.43. The van der Waals surface area contributed by atoms with Crippen LogP contribution in [0.4, 0.5) is 0 Å². The van der Waals surface area contributed by atoms with Gasteiger partial charge in [0.15, 0.2) is 0 Å². The molecule has 4 aromatic carbocycles. The molecule has 0 unspecified atom stereocenters. The van der Waals surface area contributed by atoms with E-state index in [2.05, 4.69) is 107 Å². The van der Waals surface area contributed by atoms with Crippen molar-refractivity contribution in [1.29, 1.82) is 0 Å². The van der Waals surface area contributed by atoms with E-state index in [4.69, 9.17) is 0 Å². The number of hydrogen-bond acceptors (Lipinski definition) is 0. The third kappa shape index (κ3) is 5.54. The lowest BCUT2D eigenvalue weighted by atomic mass is 9.99. The first-order chi connectivity index (χ1) is 17.2. The van der Waals surface area contributed by atoms with E-state index in [9.17, 15) is 0 Å². The maximum absolute atomic E-state index is 2.46. The molecule has 0 radical (unpaired) electrons. The molecule has 4 rings (SSSR count). The maximum Gasteiger partial charge on any atom is -0.00724 e. The highest BCUT2D eigenvalue weighted by atomic mass is 31.1. The molecule has 0 aliphatic heterocycles. The Morgan fingerprint density at radius 3 is 1.46 bits per heavy atom. The monoisotopic (exact) mass is 480 g/mol. The molecule has 0 spiro atoms. The molecule has 0 saturated heterocycles. The Balaban J connectivity index is 2.07. The number of hydrogen-bond donors (Lipinski definition) is 0. The third-order valence-electron chi connectivity index (χ3n) is 7.02. The van der Waals surface area contributed by atoms with Crippen molar-refractivity contribution < 1.29 is 0 Å². The summed E-state index contributed by atoms with van der Waals surface area (Å²) in [6.07, 6.45) is 9.41. The molecule has 0 N–H and O–H groups in total. The summed E-state index contributed by atoms with van der Waals surface area (Å²) in [5, 5.41) is 7.43. The van der Waals surface area contributed by atoms with Gasteiger partial charge in [0.1, 0.15) is 0 Å². The Morgan fingerprint density at radius 1 is 0.457 bits per heavy atom. The maximum atomic E-state index is 2.46. The molecular weight excluding hydrogens is 439 g/mol. The number of rotatable bonds is 11. The van der Waals surface area contributed by atoms with Gasteiger partial charge >= 0.3 is 0 Å². The van der Waals surface area contributed by atoms with E-state index in [0.717, 1.165) is 12.8 Å². The Kier molecular flexibility index (Phi) is 9.17. The topological polar surface area (TPSA) is 0 Å². The SMILES string of the molecule is CCCc1cccc(P(c2cccc(CCC)c2CCC)c2cccc3ccccc23)c1CCC. The van der Waals surface area contributed by atoms with Crippen LogP contribution in [0.5, 0.6) is 0 Å². The van der Waals surface area contributed by atoms with Gasteiger partial charge in [-0.3, -0.25) is 0 Å². The molecule has 0 aliphatic rings. The van der Waals surface area contributed by atoms with Crippen LogP contribution >= 0.6 is 7.92 Å². The molecule has 0 atom stereocenters. The molecule has 0 saturated carbocycles. The van der Waals surface area contributed by atoms with Crippen molar-refractivity contribution in [3.8, 4) is 0 Å². The van der Waals surface area contributed by atoms with E-state index >= 15 is 0 Å². The highest BCUT2D eigenvalue weighted by Gasteiger charge is 2.25. The molecule has 0 heterocycles. The van der Waals surface area contributed by atoms with E-state index in [1.807, 2.05) is 0 Å². The average molecular weight is 481 g/mol. The van der Waals surface area contributed by atoms with Crippen LogP contribution in [0.25, 0.3) is 10.8 Å². The molecule has 4 aromatic rings. The van der Waals surface area contributed by atoms with Crippen molar-refractivity contribution in [2.24, 2.45) is 0 Å². The lowest BCUT2D eigenvalue weighted by molar-refractivity contribution is 0.865. The summed E-state index contributed by atoms with van der Waals surface area (Å²) in [7, 11) is -0.664. The molecule has 0 bridgehead atoms. The zero-order valence-corrected chi connectivity index (χ0v) is 23.0. The van der Waals surface area contributed by atoms with Crippen LogP contribution in [0.15, 0.2) is 78.9 Å². The average Bonchev–Trinajstić information content (AvgIpc) is 2.88. The summed E-state index contributed by atoms with van der Waals surface area (Å²) in [6.45, 7) is 9.28. The van der Waals surface area contributed by atoms with E-state index in [0.29, 0.717) is 0 Å². The zero-order valence-electron chi connectivity index (χ0n) is 22.1. The van der Waals surface area contributed by atoms with E-state index in [-0.39, 0.29) is 0 Å². The highest BCUT2D eigenvalue weighted by Crippen LogP contribution is 2.40. The predicted molar refractivity (Wildman–Crippen MR) is 159 cm³/mol. The van der Waals surface area contributed by atoms with Gasteiger partial charge in [-0.1, -0.05) is 132 Å². The molecule has 0 amide bonds. The normalized spacial score (nSPS) is 11.5. The van der Waals surface area contributed by atoms with Gasteiger partial charge in [0, 0.05) is 0 Å². The second-order valence-electron chi connectivity index (χ2n) is 9.66. The molecule has 35 heavy (non-hydrogen) atoms. The van der Waals surface area contributed by atoms with Crippen molar-refractivity contribution in [3.05, 3.63) is 101 Å². The largest absolute Gasteiger partial charge is 0.0651 e. The summed E-state index contributed by atoms with van der Waals surface area (Å²) in [6, 6.07) is 30.3. The number of fused-ring (bicyclic) bond motifs is 1. The van der Waals surface area contributed by atoms with Gasteiger partial charge in [0.2, 0.25) is 0 Å². The molecular formula is C34H41P. The molecule has 0 nitrogen and oxygen atoms in total. The summed E-state index contributed by atoms with van der Waals surface area (Å²) >= 11 is 0. The van der Waals surface area contributed by atoms with E-state index < -0.39 is 7.92 Å². The van der Waals surface area contributed by atoms with Crippen molar-refractivity contribution in [1.82, 2.24) is 0 Å². The van der Waals surface area contributed by atoms with Crippen molar-refractivity contribution in [2.75, 3.05) is 0 Å². The van der Waals surface area contributed by atoms with Crippen LogP contribution in [0.3, 0.4) is 0 Å². The Morgan fingerprint density at radius 2 is 0.914 bits per heavy atom. The summed E-state index contributed by atoms with van der Waals surface area (Å²) in [4.78, 5) is 0. The van der Waals surface area contributed by atoms with Crippen molar-refractivity contribution in [2.45, 2.75) is 79.1 Å². The molecule has 0 aromatic heterocycles. The Bertz CT molecular complexity index is 1190. The standard InChI is InChI=1S/C34H41P/c1-5-14-26-19-11-23-32(29(26)16-7-3)35(34-25-13-21-28-18-9-10-22-31(28)34)33-24-12-20-27(15-6-2)30(33)17-8-4/h9-13,18-25H,5-8,14-17H2,1-4H3.